The van der Waals surface area contributed by atoms with Crippen molar-refractivity contribution >= 4 is 33.5 Å². The number of hydrogen-bond donors (Lipinski definition) is 0. The van der Waals surface area contributed by atoms with E-state index in [1.54, 1.807) is 6.26 Å². The summed E-state index contributed by atoms with van der Waals surface area (Å²) in [7, 11) is 0. The molecule has 0 spiro atoms. The van der Waals surface area contributed by atoms with Crippen molar-refractivity contribution in [3.05, 3.63) is 29.3 Å². The molecule has 6 heteroatoms. The Kier molecular flexibility index (Phi) is 4.66. The second-order valence-electron chi connectivity index (χ2n) is 3.40. The zero-order valence-electron chi connectivity index (χ0n) is 9.14. The molecule has 0 aliphatic heterocycles. The number of ketones is 1. The zero-order valence-corrected chi connectivity index (χ0v) is 11.5. The van der Waals surface area contributed by atoms with Crippen LogP contribution in [-0.2, 0) is 11.0 Å². The number of hydrogen-bond acceptors (Lipinski definition) is 2. The number of thioether (sulfide) groups is 1. The van der Waals surface area contributed by atoms with Gasteiger partial charge in [-0.25, -0.2) is 0 Å². The highest BCUT2D eigenvalue weighted by molar-refractivity contribution is 9.09. The van der Waals surface area contributed by atoms with Gasteiger partial charge < -0.3 is 0 Å². The number of carbonyl (C=O) groups is 1. The molecule has 0 aliphatic rings. The van der Waals surface area contributed by atoms with E-state index in [-0.39, 0.29) is 16.2 Å². The van der Waals surface area contributed by atoms with Crippen molar-refractivity contribution in [2.75, 3.05) is 6.26 Å². The van der Waals surface area contributed by atoms with Gasteiger partial charge in [-0.05, 0) is 24.8 Å². The fourth-order valence-corrected chi connectivity index (χ4v) is 2.49. The molecular weight excluding hydrogens is 317 g/mol. The lowest BCUT2D eigenvalue weighted by molar-refractivity contribution is -0.140. The zero-order chi connectivity index (χ0) is 13.2. The fraction of sp³-hybridized carbons (Fsp3) is 0.364. The van der Waals surface area contributed by atoms with Crippen LogP contribution in [0.1, 0.15) is 22.9 Å². The molecule has 0 saturated carbocycles. The molecule has 0 fully saturated rings. The van der Waals surface area contributed by atoms with Gasteiger partial charge in [-0.15, -0.1) is 11.8 Å². The number of Topliss-reactive ketones (excluding diaryl/α,β-unsaturated/α-hetero) is 1. The first kappa shape index (κ1) is 14.6. The highest BCUT2D eigenvalue weighted by Gasteiger charge is 2.38. The Hall–Kier alpha value is -0.490. The molecule has 1 rings (SSSR count). The smallest absolute Gasteiger partial charge is 0.298 e. The summed E-state index contributed by atoms with van der Waals surface area (Å²) in [5, 5.41) is 0. The van der Waals surface area contributed by atoms with Crippen molar-refractivity contribution in [3.8, 4) is 0 Å². The van der Waals surface area contributed by atoms with Crippen LogP contribution in [0.5, 0.6) is 0 Å². The highest BCUT2D eigenvalue weighted by atomic mass is 79.9. The van der Waals surface area contributed by atoms with Gasteiger partial charge in [0.1, 0.15) is 5.78 Å². The van der Waals surface area contributed by atoms with E-state index in [4.69, 9.17) is 0 Å². The lowest BCUT2D eigenvalue weighted by atomic mass is 10.0. The molecule has 0 amide bonds. The number of benzene rings is 1. The van der Waals surface area contributed by atoms with Crippen molar-refractivity contribution in [1.82, 2.24) is 0 Å². The monoisotopic (exact) mass is 326 g/mol. The van der Waals surface area contributed by atoms with Crippen LogP contribution < -0.4 is 0 Å². The maximum atomic E-state index is 13.0. The highest BCUT2D eigenvalue weighted by Crippen LogP contribution is 2.42. The summed E-state index contributed by atoms with van der Waals surface area (Å²) in [6, 6.07) is 4.24. The maximum Gasteiger partial charge on any atom is 0.417 e. The third-order valence-corrected chi connectivity index (χ3v) is 4.11. The molecule has 17 heavy (non-hydrogen) atoms. The Balaban J connectivity index is 3.45. The standard InChI is InChI=1S/C11H10BrF3OS/c1-6(16)10(12)7-4-3-5-8(17-2)9(7)11(13,14)15/h3-5,10H,1-2H3. The summed E-state index contributed by atoms with van der Waals surface area (Å²) in [6.07, 6.45) is -2.89. The van der Waals surface area contributed by atoms with E-state index in [2.05, 4.69) is 15.9 Å². The quantitative estimate of drug-likeness (QED) is 0.603. The molecule has 0 bridgehead atoms. The van der Waals surface area contributed by atoms with E-state index in [1.165, 1.54) is 25.1 Å². The van der Waals surface area contributed by atoms with Gasteiger partial charge in [-0.3, -0.25) is 4.79 Å². The Morgan fingerprint density at radius 3 is 2.41 bits per heavy atom. The van der Waals surface area contributed by atoms with Crippen LogP contribution in [0.15, 0.2) is 23.1 Å². The van der Waals surface area contributed by atoms with Gasteiger partial charge >= 0.3 is 6.18 Å². The van der Waals surface area contributed by atoms with Gasteiger partial charge in [0, 0.05) is 4.90 Å². The van der Waals surface area contributed by atoms with E-state index in [0.717, 1.165) is 11.8 Å². The van der Waals surface area contributed by atoms with Gasteiger partial charge in [0.05, 0.1) is 10.4 Å². The molecule has 0 aliphatic carbocycles. The molecule has 0 saturated heterocycles. The molecule has 94 valence electrons. The first-order valence-corrected chi connectivity index (χ1v) is 6.81. The molecule has 1 nitrogen and oxygen atoms in total. The summed E-state index contributed by atoms with van der Waals surface area (Å²) in [5.74, 6) is -0.353. The van der Waals surface area contributed by atoms with Crippen molar-refractivity contribution in [2.24, 2.45) is 0 Å². The first-order chi connectivity index (χ1) is 7.79. The Bertz CT molecular complexity index is 431. The molecule has 1 aromatic rings. The number of rotatable bonds is 3. The third-order valence-electron chi connectivity index (χ3n) is 2.19. The topological polar surface area (TPSA) is 17.1 Å². The molecule has 0 aromatic heterocycles. The second kappa shape index (κ2) is 5.44. The molecular formula is C11H10BrF3OS. The van der Waals surface area contributed by atoms with Crippen LogP contribution in [0.2, 0.25) is 0 Å². The third kappa shape index (κ3) is 3.25. The van der Waals surface area contributed by atoms with Gasteiger partial charge in [-0.2, -0.15) is 13.2 Å². The molecule has 1 unspecified atom stereocenters. The van der Waals surface area contributed by atoms with Crippen LogP contribution in [0.3, 0.4) is 0 Å². The molecule has 0 radical (unpaired) electrons. The molecule has 0 heterocycles. The van der Waals surface area contributed by atoms with Crippen molar-refractivity contribution in [2.45, 2.75) is 22.8 Å². The summed E-state index contributed by atoms with van der Waals surface area (Å²) < 4.78 is 38.9. The summed E-state index contributed by atoms with van der Waals surface area (Å²) >= 11 is 4.01. The maximum absolute atomic E-state index is 13.0. The lowest BCUT2D eigenvalue weighted by Crippen LogP contribution is -2.14. The summed E-state index contributed by atoms with van der Waals surface area (Å²) in [6.45, 7) is 1.26. The van der Waals surface area contributed by atoms with Crippen LogP contribution in [0.4, 0.5) is 13.2 Å². The van der Waals surface area contributed by atoms with E-state index in [0.29, 0.717) is 0 Å². The van der Waals surface area contributed by atoms with Crippen LogP contribution in [-0.4, -0.2) is 12.0 Å². The minimum Gasteiger partial charge on any atom is -0.298 e. The first-order valence-electron chi connectivity index (χ1n) is 4.67. The largest absolute Gasteiger partial charge is 0.417 e. The van der Waals surface area contributed by atoms with E-state index < -0.39 is 16.6 Å². The van der Waals surface area contributed by atoms with Gasteiger partial charge in [0.2, 0.25) is 0 Å². The van der Waals surface area contributed by atoms with Crippen molar-refractivity contribution in [3.63, 3.8) is 0 Å². The van der Waals surface area contributed by atoms with E-state index >= 15 is 0 Å². The van der Waals surface area contributed by atoms with Crippen LogP contribution in [0, 0.1) is 0 Å². The Labute approximate surface area is 110 Å². The van der Waals surface area contributed by atoms with Crippen LogP contribution in [0.25, 0.3) is 0 Å². The van der Waals surface area contributed by atoms with Crippen LogP contribution >= 0.6 is 27.7 Å². The number of alkyl halides is 4. The SMILES string of the molecule is CSc1cccc(C(Br)C(C)=O)c1C(F)(F)F. The van der Waals surface area contributed by atoms with Crippen molar-refractivity contribution in [1.29, 1.82) is 0 Å². The van der Waals surface area contributed by atoms with E-state index in [9.17, 15) is 18.0 Å². The number of halogens is 4. The van der Waals surface area contributed by atoms with Gasteiger partial charge in [0.15, 0.2) is 0 Å². The summed E-state index contributed by atoms with van der Waals surface area (Å²) in [4.78, 5) is 10.4. The number of carbonyl (C=O) groups excluding carboxylic acids is 1. The van der Waals surface area contributed by atoms with Crippen molar-refractivity contribution < 1.29 is 18.0 Å². The predicted octanol–water partition coefficient (Wildman–Crippen LogP) is 4.45. The molecule has 0 N–H and O–H groups in total. The summed E-state index contributed by atoms with van der Waals surface area (Å²) in [5.41, 5.74) is -0.763. The normalized spacial score (nSPS) is 13.5. The minimum atomic E-state index is -4.46. The van der Waals surface area contributed by atoms with Gasteiger partial charge in [-0.1, -0.05) is 28.1 Å². The second-order valence-corrected chi connectivity index (χ2v) is 5.16. The predicted molar refractivity (Wildman–Crippen MR) is 65.6 cm³/mol. The lowest BCUT2D eigenvalue weighted by Gasteiger charge is -2.18. The molecule has 1 aromatic carbocycles. The minimum absolute atomic E-state index is 0.0307. The fourth-order valence-electron chi connectivity index (χ4n) is 1.45. The Morgan fingerprint density at radius 1 is 1.41 bits per heavy atom. The average molecular weight is 327 g/mol. The van der Waals surface area contributed by atoms with E-state index in [1.807, 2.05) is 0 Å². The average Bonchev–Trinajstić information content (AvgIpc) is 2.25. The van der Waals surface area contributed by atoms with Gasteiger partial charge in [0.25, 0.3) is 0 Å². The Morgan fingerprint density at radius 2 is 2.00 bits per heavy atom. The molecule has 1 atom stereocenters.